The lowest BCUT2D eigenvalue weighted by atomic mass is 9.97. The van der Waals surface area contributed by atoms with E-state index in [1.54, 1.807) is 0 Å². The molecule has 0 radical (unpaired) electrons. The van der Waals surface area contributed by atoms with Crippen molar-refractivity contribution in [2.24, 2.45) is 5.73 Å². The second kappa shape index (κ2) is 6.16. The molecule has 0 aliphatic carbocycles. The van der Waals surface area contributed by atoms with Gasteiger partial charge in [0.15, 0.2) is 0 Å². The molecule has 0 aromatic heterocycles. The van der Waals surface area contributed by atoms with Crippen LogP contribution >= 0.6 is 0 Å². The van der Waals surface area contributed by atoms with Crippen LogP contribution in [0.15, 0.2) is 30.3 Å². The van der Waals surface area contributed by atoms with Crippen LogP contribution in [0.1, 0.15) is 25.3 Å². The maximum atomic E-state index is 11.7. The zero-order valence-corrected chi connectivity index (χ0v) is 10.3. The van der Waals surface area contributed by atoms with Gasteiger partial charge in [0.2, 0.25) is 0 Å². The molecule has 1 atom stereocenters. The van der Waals surface area contributed by atoms with Gasteiger partial charge in [-0.1, -0.05) is 30.3 Å². The third-order valence-electron chi connectivity index (χ3n) is 2.54. The summed E-state index contributed by atoms with van der Waals surface area (Å²) in [5.41, 5.74) is 5.33. The Balaban J connectivity index is 2.46. The molecule has 0 aliphatic heterocycles. The molecule has 0 amide bonds. The minimum absolute atomic E-state index is 0.0515. The van der Waals surface area contributed by atoms with Crippen molar-refractivity contribution in [1.82, 2.24) is 0 Å². The van der Waals surface area contributed by atoms with Crippen molar-refractivity contribution in [3.63, 3.8) is 0 Å². The molecule has 0 spiro atoms. The Morgan fingerprint density at radius 1 is 1.33 bits per heavy atom. The summed E-state index contributed by atoms with van der Waals surface area (Å²) in [5.74, 6) is -1.57. The number of carbonyl (C=O) groups is 2. The van der Waals surface area contributed by atoms with Crippen molar-refractivity contribution in [1.29, 1.82) is 0 Å². The Kier molecular flexibility index (Phi) is 4.85. The van der Waals surface area contributed by atoms with E-state index >= 15 is 0 Å². The van der Waals surface area contributed by atoms with E-state index in [9.17, 15) is 9.59 Å². The van der Waals surface area contributed by atoms with Crippen LogP contribution in [0.2, 0.25) is 0 Å². The van der Waals surface area contributed by atoms with Gasteiger partial charge in [-0.15, -0.1) is 0 Å². The third-order valence-corrected chi connectivity index (χ3v) is 2.54. The number of hydrogen-bond acceptors (Lipinski definition) is 4. The molecule has 0 saturated carbocycles. The topological polar surface area (TPSA) is 89.6 Å². The van der Waals surface area contributed by atoms with Gasteiger partial charge >= 0.3 is 11.9 Å². The van der Waals surface area contributed by atoms with Crippen LogP contribution in [-0.2, 0) is 20.9 Å². The number of ether oxygens (including phenoxy) is 1. The second-order valence-electron chi connectivity index (χ2n) is 4.37. The number of rotatable bonds is 6. The fourth-order valence-electron chi connectivity index (χ4n) is 1.36. The summed E-state index contributed by atoms with van der Waals surface area (Å²) in [6.45, 7) is 1.61. The third kappa shape index (κ3) is 4.55. The van der Waals surface area contributed by atoms with Crippen molar-refractivity contribution in [2.45, 2.75) is 31.9 Å². The first-order valence-corrected chi connectivity index (χ1v) is 5.63. The van der Waals surface area contributed by atoms with Crippen LogP contribution in [0.25, 0.3) is 0 Å². The Hall–Kier alpha value is -1.88. The molecule has 0 heterocycles. The lowest BCUT2D eigenvalue weighted by Gasteiger charge is -2.21. The summed E-state index contributed by atoms with van der Waals surface area (Å²) in [7, 11) is 0. The number of hydrogen-bond donors (Lipinski definition) is 2. The smallest absolute Gasteiger partial charge is 0.326 e. The van der Waals surface area contributed by atoms with Crippen molar-refractivity contribution < 1.29 is 19.4 Å². The number of esters is 1. The van der Waals surface area contributed by atoms with E-state index in [1.807, 2.05) is 30.3 Å². The first-order valence-electron chi connectivity index (χ1n) is 5.63. The van der Waals surface area contributed by atoms with E-state index in [0.717, 1.165) is 5.56 Å². The van der Waals surface area contributed by atoms with Crippen LogP contribution < -0.4 is 5.73 Å². The summed E-state index contributed by atoms with van der Waals surface area (Å²) >= 11 is 0. The monoisotopic (exact) mass is 251 g/mol. The fraction of sp³-hybridized carbons (Fsp3) is 0.385. The number of aliphatic carboxylic acids is 1. The van der Waals surface area contributed by atoms with Gasteiger partial charge in [-0.05, 0) is 18.9 Å². The van der Waals surface area contributed by atoms with Gasteiger partial charge in [0.05, 0.1) is 0 Å². The molecule has 1 aromatic carbocycles. The van der Waals surface area contributed by atoms with Gasteiger partial charge in [-0.2, -0.15) is 0 Å². The van der Waals surface area contributed by atoms with Gasteiger partial charge in [-0.25, -0.2) is 0 Å². The van der Waals surface area contributed by atoms with E-state index in [1.165, 1.54) is 6.92 Å². The molecule has 1 rings (SSSR count). The van der Waals surface area contributed by atoms with Crippen molar-refractivity contribution in [3.8, 4) is 0 Å². The Labute approximate surface area is 106 Å². The Bertz CT molecular complexity index is 414. The highest BCUT2D eigenvalue weighted by molar-refractivity contribution is 5.80. The summed E-state index contributed by atoms with van der Waals surface area (Å²) in [6.07, 6.45) is -0.108. The molecule has 0 fully saturated rings. The molecular weight excluding hydrogens is 234 g/mol. The van der Waals surface area contributed by atoms with E-state index in [2.05, 4.69) is 0 Å². The fourth-order valence-corrected chi connectivity index (χ4v) is 1.36. The van der Waals surface area contributed by atoms with E-state index in [4.69, 9.17) is 15.6 Å². The molecule has 0 aliphatic rings. The van der Waals surface area contributed by atoms with Crippen molar-refractivity contribution in [3.05, 3.63) is 35.9 Å². The van der Waals surface area contributed by atoms with E-state index in [-0.39, 0.29) is 19.4 Å². The van der Waals surface area contributed by atoms with Gasteiger partial charge in [0, 0.05) is 6.42 Å². The number of benzene rings is 1. The van der Waals surface area contributed by atoms with Gasteiger partial charge < -0.3 is 15.6 Å². The van der Waals surface area contributed by atoms with Crippen LogP contribution in [0.4, 0.5) is 0 Å². The van der Waals surface area contributed by atoms with Gasteiger partial charge in [-0.3, -0.25) is 9.59 Å². The number of nitrogens with two attached hydrogens (primary N) is 1. The average molecular weight is 251 g/mol. The Morgan fingerprint density at radius 3 is 2.50 bits per heavy atom. The highest BCUT2D eigenvalue weighted by atomic mass is 16.5. The lowest BCUT2D eigenvalue weighted by Crippen LogP contribution is -2.46. The highest BCUT2D eigenvalue weighted by Crippen LogP contribution is 2.12. The second-order valence-corrected chi connectivity index (χ2v) is 4.37. The number of carboxylic acid groups (broad SMARTS) is 1. The van der Waals surface area contributed by atoms with E-state index in [0.29, 0.717) is 0 Å². The standard InChI is InChI=1S/C13H17NO4/c1-13(14,8-7-11(15)16)12(17)18-9-10-5-3-2-4-6-10/h2-6H,7-9,14H2,1H3,(H,15,16). The minimum atomic E-state index is -1.27. The minimum Gasteiger partial charge on any atom is -0.481 e. The number of carboxylic acids is 1. The van der Waals surface area contributed by atoms with Gasteiger partial charge in [0.1, 0.15) is 12.1 Å². The predicted octanol–water partition coefficient (Wildman–Crippen LogP) is 1.31. The molecule has 5 heteroatoms. The molecule has 1 aromatic rings. The molecule has 0 saturated heterocycles. The summed E-state index contributed by atoms with van der Waals surface area (Å²) in [5, 5.41) is 8.56. The SMILES string of the molecule is CC(N)(CCC(=O)O)C(=O)OCc1ccccc1. The highest BCUT2D eigenvalue weighted by Gasteiger charge is 2.30. The predicted molar refractivity (Wildman–Crippen MR) is 65.7 cm³/mol. The summed E-state index contributed by atoms with van der Waals surface area (Å²) in [4.78, 5) is 22.2. The molecule has 5 nitrogen and oxygen atoms in total. The molecule has 98 valence electrons. The van der Waals surface area contributed by atoms with Crippen LogP contribution in [0.5, 0.6) is 0 Å². The maximum absolute atomic E-state index is 11.7. The normalized spacial score (nSPS) is 13.7. The average Bonchev–Trinajstić information content (AvgIpc) is 2.35. The van der Waals surface area contributed by atoms with Crippen molar-refractivity contribution >= 4 is 11.9 Å². The Morgan fingerprint density at radius 2 is 1.94 bits per heavy atom. The largest absolute Gasteiger partial charge is 0.481 e. The quantitative estimate of drug-likeness (QED) is 0.744. The first kappa shape index (κ1) is 14.2. The van der Waals surface area contributed by atoms with Gasteiger partial charge in [0.25, 0.3) is 0 Å². The van der Waals surface area contributed by atoms with Crippen LogP contribution in [-0.4, -0.2) is 22.6 Å². The van der Waals surface area contributed by atoms with Crippen molar-refractivity contribution in [2.75, 3.05) is 0 Å². The van der Waals surface area contributed by atoms with Crippen LogP contribution in [0.3, 0.4) is 0 Å². The summed E-state index contributed by atoms with van der Waals surface area (Å²) < 4.78 is 5.07. The molecule has 18 heavy (non-hydrogen) atoms. The lowest BCUT2D eigenvalue weighted by molar-refractivity contribution is -0.151. The molecule has 1 unspecified atom stereocenters. The van der Waals surface area contributed by atoms with E-state index < -0.39 is 17.5 Å². The first-order chi connectivity index (χ1) is 8.42. The molecular formula is C13H17NO4. The summed E-state index contributed by atoms with van der Waals surface area (Å²) in [6, 6.07) is 9.21. The molecule has 0 bridgehead atoms. The van der Waals surface area contributed by atoms with Crippen LogP contribution in [0, 0.1) is 0 Å². The zero-order valence-electron chi connectivity index (χ0n) is 10.3. The number of carbonyl (C=O) groups excluding carboxylic acids is 1. The maximum Gasteiger partial charge on any atom is 0.326 e. The molecule has 3 N–H and O–H groups in total. The zero-order chi connectivity index (χ0) is 13.6.